The lowest BCUT2D eigenvalue weighted by Crippen LogP contribution is -2.54. The summed E-state index contributed by atoms with van der Waals surface area (Å²) >= 11 is 3.52. The molecule has 0 radical (unpaired) electrons. The Labute approximate surface area is 200 Å². The highest BCUT2D eigenvalue weighted by Crippen LogP contribution is 2.26. The zero-order chi connectivity index (χ0) is 23.9. The molecule has 0 aliphatic rings. The fourth-order valence-electron chi connectivity index (χ4n) is 3.48. The Hall–Kier alpha value is -2.34. The van der Waals surface area contributed by atoms with Gasteiger partial charge in [-0.25, -0.2) is 0 Å². The minimum Gasteiger partial charge on any atom is -0.483 e. The average Bonchev–Trinajstić information content (AvgIpc) is 2.71. The van der Waals surface area contributed by atoms with Crippen LogP contribution in [0.1, 0.15) is 57.7 Å². The second-order valence-electron chi connectivity index (χ2n) is 9.08. The Morgan fingerprint density at radius 2 is 1.81 bits per heavy atom. The lowest BCUT2D eigenvalue weighted by Gasteiger charge is -2.33. The van der Waals surface area contributed by atoms with Gasteiger partial charge in [0.05, 0.1) is 4.47 Å². The Morgan fingerprint density at radius 3 is 2.38 bits per heavy atom. The van der Waals surface area contributed by atoms with Gasteiger partial charge in [-0.05, 0) is 79.7 Å². The number of benzene rings is 2. The van der Waals surface area contributed by atoms with Gasteiger partial charge in [0.15, 0.2) is 6.61 Å². The predicted molar refractivity (Wildman–Crippen MR) is 133 cm³/mol. The summed E-state index contributed by atoms with van der Waals surface area (Å²) in [4.78, 5) is 28.0. The fourth-order valence-corrected chi connectivity index (χ4v) is 4.02. The Balaban J connectivity index is 2.25. The third-order valence-electron chi connectivity index (χ3n) is 5.08. The van der Waals surface area contributed by atoms with Gasteiger partial charge in [0.1, 0.15) is 11.8 Å². The lowest BCUT2D eigenvalue weighted by atomic mass is 10.1. The summed E-state index contributed by atoms with van der Waals surface area (Å²) in [7, 11) is 0. The van der Waals surface area contributed by atoms with Crippen LogP contribution in [0.5, 0.6) is 5.75 Å². The number of hydrogen-bond acceptors (Lipinski definition) is 3. The molecule has 1 N–H and O–H groups in total. The summed E-state index contributed by atoms with van der Waals surface area (Å²) < 4.78 is 6.66. The molecular formula is C26H35BrN2O3. The molecule has 0 bridgehead atoms. The Bertz CT molecular complexity index is 937. The largest absolute Gasteiger partial charge is 0.483 e. The minimum absolute atomic E-state index is 0.144. The quantitative estimate of drug-likeness (QED) is 0.497. The third-order valence-corrected chi connectivity index (χ3v) is 5.69. The number of carbonyl (C=O) groups excluding carboxylic acids is 2. The van der Waals surface area contributed by atoms with E-state index in [1.807, 2.05) is 77.1 Å². The number of nitrogens with one attached hydrogen (secondary N) is 1. The van der Waals surface area contributed by atoms with Crippen LogP contribution in [0.3, 0.4) is 0 Å². The topological polar surface area (TPSA) is 58.6 Å². The van der Waals surface area contributed by atoms with Gasteiger partial charge in [-0.1, -0.05) is 49.7 Å². The van der Waals surface area contributed by atoms with Gasteiger partial charge in [-0.15, -0.1) is 0 Å². The van der Waals surface area contributed by atoms with Crippen LogP contribution in [0.2, 0.25) is 0 Å². The summed E-state index contributed by atoms with van der Waals surface area (Å²) in [5.41, 5.74) is 2.89. The van der Waals surface area contributed by atoms with Gasteiger partial charge in [0.2, 0.25) is 5.91 Å². The van der Waals surface area contributed by atoms with E-state index in [4.69, 9.17) is 4.74 Å². The van der Waals surface area contributed by atoms with E-state index in [0.717, 1.165) is 22.0 Å². The molecule has 2 rings (SSSR count). The molecule has 0 saturated heterocycles. The van der Waals surface area contributed by atoms with Crippen molar-refractivity contribution in [1.82, 2.24) is 10.2 Å². The minimum atomic E-state index is -0.586. The standard InChI is InChI=1S/C26H35BrN2O3/c1-7-19-12-13-23(21(27)15-19)32-17-24(30)29(16-20-11-9-10-18(3)14-20)22(8-2)25(31)28-26(4,5)6/h9-15,22H,7-8,16-17H2,1-6H3,(H,28,31). The maximum absolute atomic E-state index is 13.3. The highest BCUT2D eigenvalue weighted by Gasteiger charge is 2.31. The predicted octanol–water partition coefficient (Wildman–Crippen LogP) is 5.42. The zero-order valence-electron chi connectivity index (χ0n) is 20.0. The highest BCUT2D eigenvalue weighted by atomic mass is 79.9. The number of rotatable bonds is 9. The monoisotopic (exact) mass is 502 g/mol. The van der Waals surface area contributed by atoms with E-state index in [1.54, 1.807) is 4.90 Å². The number of hydrogen-bond donors (Lipinski definition) is 1. The van der Waals surface area contributed by atoms with Crippen LogP contribution in [0.25, 0.3) is 0 Å². The maximum atomic E-state index is 13.3. The van der Waals surface area contributed by atoms with Crippen molar-refractivity contribution in [3.8, 4) is 5.75 Å². The fraction of sp³-hybridized carbons (Fsp3) is 0.462. The zero-order valence-corrected chi connectivity index (χ0v) is 21.6. The van der Waals surface area contributed by atoms with Crippen LogP contribution >= 0.6 is 15.9 Å². The summed E-state index contributed by atoms with van der Waals surface area (Å²) in [5.74, 6) is 0.224. The molecule has 0 fully saturated rings. The van der Waals surface area contributed by atoms with Crippen molar-refractivity contribution in [3.63, 3.8) is 0 Å². The van der Waals surface area contributed by atoms with Crippen molar-refractivity contribution >= 4 is 27.7 Å². The van der Waals surface area contributed by atoms with Crippen LogP contribution in [0.15, 0.2) is 46.9 Å². The van der Waals surface area contributed by atoms with E-state index in [1.165, 1.54) is 5.56 Å². The molecule has 2 aromatic carbocycles. The first-order chi connectivity index (χ1) is 15.0. The first-order valence-electron chi connectivity index (χ1n) is 11.1. The number of aryl methyl sites for hydroxylation is 2. The normalized spacial score (nSPS) is 12.2. The number of amides is 2. The van der Waals surface area contributed by atoms with Crippen molar-refractivity contribution in [1.29, 1.82) is 0 Å². The van der Waals surface area contributed by atoms with Crippen LogP contribution in [0, 0.1) is 6.92 Å². The van der Waals surface area contributed by atoms with E-state index in [2.05, 4.69) is 28.2 Å². The summed E-state index contributed by atoms with van der Waals surface area (Å²) in [5, 5.41) is 3.02. The second kappa shape index (κ2) is 11.5. The van der Waals surface area contributed by atoms with Gasteiger partial charge >= 0.3 is 0 Å². The van der Waals surface area contributed by atoms with Crippen molar-refractivity contribution in [2.45, 2.75) is 72.5 Å². The lowest BCUT2D eigenvalue weighted by molar-refractivity contribution is -0.143. The molecule has 0 saturated carbocycles. The van der Waals surface area contributed by atoms with Crippen LogP contribution < -0.4 is 10.1 Å². The highest BCUT2D eigenvalue weighted by molar-refractivity contribution is 9.10. The summed E-state index contributed by atoms with van der Waals surface area (Å²) in [6.45, 7) is 12.0. The van der Waals surface area contributed by atoms with Crippen molar-refractivity contribution < 1.29 is 14.3 Å². The van der Waals surface area contributed by atoms with Crippen molar-refractivity contribution in [2.24, 2.45) is 0 Å². The summed E-state index contributed by atoms with van der Waals surface area (Å²) in [6.07, 6.45) is 1.43. The molecule has 2 amide bonds. The molecule has 0 aliphatic carbocycles. The number of ether oxygens (including phenoxy) is 1. The van der Waals surface area contributed by atoms with E-state index in [-0.39, 0.29) is 24.0 Å². The average molecular weight is 503 g/mol. The van der Waals surface area contributed by atoms with Crippen molar-refractivity contribution in [2.75, 3.05) is 6.61 Å². The van der Waals surface area contributed by atoms with Gasteiger partial charge in [0.25, 0.3) is 5.91 Å². The van der Waals surface area contributed by atoms with E-state index >= 15 is 0 Å². The van der Waals surface area contributed by atoms with E-state index < -0.39 is 6.04 Å². The van der Waals surface area contributed by atoms with Gasteiger partial charge in [-0.3, -0.25) is 9.59 Å². The molecule has 2 aromatic rings. The smallest absolute Gasteiger partial charge is 0.261 e. The molecule has 6 heteroatoms. The first kappa shape index (κ1) is 25.9. The molecular weight excluding hydrogens is 468 g/mol. The molecule has 0 aliphatic heterocycles. The van der Waals surface area contributed by atoms with Crippen LogP contribution in [-0.2, 0) is 22.6 Å². The SMILES string of the molecule is CCc1ccc(OCC(=O)N(Cc2cccc(C)c2)C(CC)C(=O)NC(C)(C)C)c(Br)c1. The van der Waals surface area contributed by atoms with E-state index in [0.29, 0.717) is 18.7 Å². The molecule has 1 unspecified atom stereocenters. The Kier molecular flexibility index (Phi) is 9.32. The molecule has 32 heavy (non-hydrogen) atoms. The maximum Gasteiger partial charge on any atom is 0.261 e. The Morgan fingerprint density at radius 1 is 1.09 bits per heavy atom. The van der Waals surface area contributed by atoms with E-state index in [9.17, 15) is 9.59 Å². The van der Waals surface area contributed by atoms with Gasteiger partial charge < -0.3 is 15.0 Å². The molecule has 0 heterocycles. The van der Waals surface area contributed by atoms with Gasteiger partial charge in [0, 0.05) is 12.1 Å². The van der Waals surface area contributed by atoms with Gasteiger partial charge in [-0.2, -0.15) is 0 Å². The number of carbonyl (C=O) groups is 2. The molecule has 0 spiro atoms. The molecule has 1 atom stereocenters. The summed E-state index contributed by atoms with van der Waals surface area (Å²) in [6, 6.07) is 13.3. The molecule has 0 aromatic heterocycles. The van der Waals surface area contributed by atoms with Crippen LogP contribution in [-0.4, -0.2) is 34.9 Å². The number of halogens is 1. The second-order valence-corrected chi connectivity index (χ2v) is 9.94. The third kappa shape index (κ3) is 7.66. The van der Waals surface area contributed by atoms with Crippen molar-refractivity contribution in [3.05, 3.63) is 63.6 Å². The molecule has 5 nitrogen and oxygen atoms in total. The number of nitrogens with zero attached hydrogens (tertiary/aromatic N) is 1. The first-order valence-corrected chi connectivity index (χ1v) is 11.9. The van der Waals surface area contributed by atoms with Crippen LogP contribution in [0.4, 0.5) is 0 Å². The molecule has 174 valence electrons.